The van der Waals surface area contributed by atoms with Crippen LogP contribution in [0.15, 0.2) is 91.1 Å². The van der Waals surface area contributed by atoms with Gasteiger partial charge < -0.3 is 0 Å². The van der Waals surface area contributed by atoms with Crippen LogP contribution in [0.4, 0.5) is 0 Å². The first-order chi connectivity index (χ1) is 14.9. The molecule has 30 heavy (non-hydrogen) atoms. The number of nitrogens with zero attached hydrogens (tertiary/aromatic N) is 3. The molecule has 0 fully saturated rings. The number of para-hydroxylation sites is 2. The summed E-state index contributed by atoms with van der Waals surface area (Å²) in [5, 5.41) is 5.04. The van der Waals surface area contributed by atoms with Crippen LogP contribution < -0.4 is 0 Å². The molecular weight excluding hydrogens is 366 g/mol. The highest BCUT2D eigenvalue weighted by Crippen LogP contribution is 2.39. The van der Waals surface area contributed by atoms with Gasteiger partial charge in [0.25, 0.3) is 0 Å². The topological polar surface area (TPSA) is 30.7 Å². The SMILES string of the molecule is c1cc2c3c(cccc3c1)-c1nc(-n3c4ccccc4c4ccccc43)ncc1C2. The van der Waals surface area contributed by atoms with Crippen LogP contribution in [0.25, 0.3) is 49.8 Å². The maximum atomic E-state index is 5.13. The Labute approximate surface area is 173 Å². The van der Waals surface area contributed by atoms with Crippen molar-refractivity contribution in [2.75, 3.05) is 0 Å². The van der Waals surface area contributed by atoms with Gasteiger partial charge in [-0.15, -0.1) is 0 Å². The molecule has 0 unspecified atom stereocenters. The lowest BCUT2D eigenvalue weighted by Crippen LogP contribution is -2.08. The van der Waals surface area contributed by atoms with Gasteiger partial charge in [-0.05, 0) is 28.5 Å². The molecule has 0 spiro atoms. The maximum Gasteiger partial charge on any atom is 0.235 e. The number of fused-ring (bicyclic) bond motifs is 5. The molecule has 4 aromatic carbocycles. The van der Waals surface area contributed by atoms with Gasteiger partial charge in [-0.1, -0.05) is 72.8 Å². The largest absolute Gasteiger partial charge is 0.278 e. The van der Waals surface area contributed by atoms with Crippen LogP contribution in [0.5, 0.6) is 0 Å². The van der Waals surface area contributed by atoms with E-state index in [1.54, 1.807) is 0 Å². The van der Waals surface area contributed by atoms with Crippen molar-refractivity contribution in [1.29, 1.82) is 0 Å². The third kappa shape index (κ3) is 2.04. The van der Waals surface area contributed by atoms with E-state index in [0.717, 1.165) is 29.1 Å². The molecule has 2 heterocycles. The Morgan fingerprint density at radius 3 is 2.13 bits per heavy atom. The maximum absolute atomic E-state index is 5.13. The molecule has 140 valence electrons. The Kier molecular flexibility index (Phi) is 3.06. The first kappa shape index (κ1) is 15.9. The highest BCUT2D eigenvalue weighted by Gasteiger charge is 2.21. The molecule has 1 aliphatic rings. The second-order valence-corrected chi connectivity index (χ2v) is 7.91. The van der Waals surface area contributed by atoms with E-state index in [1.807, 2.05) is 6.20 Å². The quantitative estimate of drug-likeness (QED) is 0.333. The Morgan fingerprint density at radius 2 is 1.37 bits per heavy atom. The molecule has 3 nitrogen and oxygen atoms in total. The van der Waals surface area contributed by atoms with Crippen LogP contribution in [0.3, 0.4) is 0 Å². The average molecular weight is 383 g/mol. The Hall–Kier alpha value is -3.98. The van der Waals surface area contributed by atoms with Crippen LogP contribution in [0.2, 0.25) is 0 Å². The minimum Gasteiger partial charge on any atom is -0.278 e. The zero-order chi connectivity index (χ0) is 19.7. The van der Waals surface area contributed by atoms with Crippen LogP contribution >= 0.6 is 0 Å². The third-order valence-electron chi connectivity index (χ3n) is 6.26. The zero-order valence-corrected chi connectivity index (χ0v) is 16.2. The van der Waals surface area contributed by atoms with E-state index < -0.39 is 0 Å². The fourth-order valence-electron chi connectivity index (χ4n) is 4.97. The fraction of sp³-hybridized carbons (Fsp3) is 0.0370. The van der Waals surface area contributed by atoms with E-state index >= 15 is 0 Å². The molecule has 6 aromatic rings. The van der Waals surface area contributed by atoms with Gasteiger partial charge in [-0.2, -0.15) is 0 Å². The third-order valence-corrected chi connectivity index (χ3v) is 6.26. The summed E-state index contributed by atoms with van der Waals surface area (Å²) in [5.41, 5.74) is 7.05. The van der Waals surface area contributed by atoms with Crippen molar-refractivity contribution in [3.05, 3.63) is 102 Å². The van der Waals surface area contributed by atoms with Crippen molar-refractivity contribution in [2.45, 2.75) is 6.42 Å². The molecule has 0 radical (unpaired) electrons. The molecule has 0 N–H and O–H groups in total. The van der Waals surface area contributed by atoms with Crippen LogP contribution in [-0.4, -0.2) is 14.5 Å². The molecule has 7 rings (SSSR count). The lowest BCUT2D eigenvalue weighted by molar-refractivity contribution is 0.965. The monoisotopic (exact) mass is 383 g/mol. The highest BCUT2D eigenvalue weighted by molar-refractivity contribution is 6.09. The zero-order valence-electron chi connectivity index (χ0n) is 16.2. The van der Waals surface area contributed by atoms with Gasteiger partial charge in [0.15, 0.2) is 0 Å². The van der Waals surface area contributed by atoms with Gasteiger partial charge in [0.05, 0.1) is 16.7 Å². The van der Waals surface area contributed by atoms with Crippen LogP contribution in [-0.2, 0) is 6.42 Å². The number of hydrogen-bond donors (Lipinski definition) is 0. The van der Waals surface area contributed by atoms with Gasteiger partial charge in [0.1, 0.15) is 0 Å². The van der Waals surface area contributed by atoms with Crippen LogP contribution in [0.1, 0.15) is 11.1 Å². The van der Waals surface area contributed by atoms with E-state index in [9.17, 15) is 0 Å². The summed E-state index contributed by atoms with van der Waals surface area (Å²) in [6.45, 7) is 0. The number of hydrogen-bond acceptors (Lipinski definition) is 2. The second-order valence-electron chi connectivity index (χ2n) is 7.91. The standard InChI is InChI=1S/C27H17N3/c1-3-13-23-20(10-1)21-11-2-4-14-24(21)30(23)27-28-16-19-15-18-9-5-7-17-8-6-12-22(25(17)18)26(19)29-27/h1-14,16H,15H2. The Bertz CT molecular complexity index is 1570. The molecular formula is C27H17N3. The molecule has 0 amide bonds. The van der Waals surface area contributed by atoms with Crippen molar-refractivity contribution in [1.82, 2.24) is 14.5 Å². The summed E-state index contributed by atoms with van der Waals surface area (Å²) < 4.78 is 2.19. The molecule has 0 saturated carbocycles. The molecule has 0 bridgehead atoms. The van der Waals surface area contributed by atoms with E-state index in [1.165, 1.54) is 38.2 Å². The summed E-state index contributed by atoms with van der Waals surface area (Å²) in [6, 6.07) is 30.0. The van der Waals surface area contributed by atoms with E-state index in [2.05, 4.69) is 89.5 Å². The first-order valence-electron chi connectivity index (χ1n) is 10.2. The van der Waals surface area contributed by atoms with Gasteiger partial charge in [-0.25, -0.2) is 9.97 Å². The van der Waals surface area contributed by atoms with Gasteiger partial charge >= 0.3 is 0 Å². The molecule has 2 aromatic heterocycles. The Morgan fingerprint density at radius 1 is 0.667 bits per heavy atom. The van der Waals surface area contributed by atoms with Crippen molar-refractivity contribution in [3.8, 4) is 17.2 Å². The van der Waals surface area contributed by atoms with E-state index in [4.69, 9.17) is 9.97 Å². The van der Waals surface area contributed by atoms with E-state index in [0.29, 0.717) is 0 Å². The van der Waals surface area contributed by atoms with Crippen molar-refractivity contribution in [2.24, 2.45) is 0 Å². The highest BCUT2D eigenvalue weighted by atomic mass is 15.2. The van der Waals surface area contributed by atoms with Crippen molar-refractivity contribution in [3.63, 3.8) is 0 Å². The van der Waals surface area contributed by atoms with Crippen molar-refractivity contribution < 1.29 is 0 Å². The van der Waals surface area contributed by atoms with Gasteiger partial charge in [0.2, 0.25) is 5.95 Å². The molecule has 3 heteroatoms. The summed E-state index contributed by atoms with van der Waals surface area (Å²) in [4.78, 5) is 9.96. The fourth-order valence-corrected chi connectivity index (χ4v) is 4.97. The number of aromatic nitrogens is 3. The average Bonchev–Trinajstić information content (AvgIpc) is 3.14. The van der Waals surface area contributed by atoms with E-state index in [-0.39, 0.29) is 0 Å². The molecule has 0 atom stereocenters. The smallest absolute Gasteiger partial charge is 0.235 e. The number of benzene rings is 4. The predicted octanol–water partition coefficient (Wildman–Crippen LogP) is 6.30. The summed E-state index contributed by atoms with van der Waals surface area (Å²) in [7, 11) is 0. The summed E-state index contributed by atoms with van der Waals surface area (Å²) >= 11 is 0. The molecule has 0 saturated heterocycles. The van der Waals surface area contributed by atoms with Gasteiger partial charge in [-0.3, -0.25) is 4.57 Å². The predicted molar refractivity (Wildman–Crippen MR) is 122 cm³/mol. The number of rotatable bonds is 1. The second kappa shape index (κ2) is 5.77. The lowest BCUT2D eigenvalue weighted by atomic mass is 9.87. The van der Waals surface area contributed by atoms with Crippen molar-refractivity contribution >= 4 is 32.6 Å². The van der Waals surface area contributed by atoms with Crippen LogP contribution in [0, 0.1) is 0 Å². The first-order valence-corrected chi connectivity index (χ1v) is 10.2. The Balaban J connectivity index is 1.56. The molecule has 0 aliphatic heterocycles. The normalized spacial score (nSPS) is 12.5. The minimum atomic E-state index is 0.725. The summed E-state index contributed by atoms with van der Waals surface area (Å²) in [5.74, 6) is 0.725. The molecule has 1 aliphatic carbocycles. The summed E-state index contributed by atoms with van der Waals surface area (Å²) in [6.07, 6.45) is 2.88. The lowest BCUT2D eigenvalue weighted by Gasteiger charge is -2.20. The minimum absolute atomic E-state index is 0.725. The van der Waals surface area contributed by atoms with Gasteiger partial charge in [0, 0.05) is 34.5 Å².